The van der Waals surface area contributed by atoms with Gasteiger partial charge in [0.15, 0.2) is 5.11 Å². The van der Waals surface area contributed by atoms with E-state index in [1.807, 2.05) is 24.4 Å². The minimum atomic E-state index is -0.163. The number of hydrogen-bond donors (Lipinski definition) is 1. The molecule has 2 aromatic carbocycles. The minimum absolute atomic E-state index is 0.0874. The molecule has 7 heteroatoms. The van der Waals surface area contributed by atoms with Gasteiger partial charge in [-0.2, -0.15) is 0 Å². The highest BCUT2D eigenvalue weighted by atomic mass is 79.9. The van der Waals surface area contributed by atoms with Crippen LogP contribution in [0.3, 0.4) is 0 Å². The molecule has 1 aromatic heterocycles. The molecule has 4 nitrogen and oxygen atoms in total. The van der Waals surface area contributed by atoms with Crippen LogP contribution >= 0.6 is 39.7 Å². The summed E-state index contributed by atoms with van der Waals surface area (Å²) in [4.78, 5) is 9.14. The Morgan fingerprint density at radius 1 is 1.11 bits per heavy atom. The van der Waals surface area contributed by atoms with Gasteiger partial charge in [0.25, 0.3) is 0 Å². The average molecular weight is 568 g/mol. The zero-order valence-corrected chi connectivity index (χ0v) is 23.6. The fourth-order valence-electron chi connectivity index (χ4n) is 5.14. The molecule has 1 saturated heterocycles. The number of hydrogen-bond acceptors (Lipinski definition) is 3. The maximum atomic E-state index is 7.09. The molecule has 3 heterocycles. The molecular formula is C28H28BrClN4S. The lowest BCUT2D eigenvalue weighted by Crippen LogP contribution is -2.42. The summed E-state index contributed by atoms with van der Waals surface area (Å²) in [5.41, 5.74) is 7.60. The maximum Gasteiger partial charge on any atom is 0.174 e. The van der Waals surface area contributed by atoms with Gasteiger partial charge in [0.1, 0.15) is 0 Å². The number of pyridine rings is 1. The van der Waals surface area contributed by atoms with Gasteiger partial charge < -0.3 is 15.1 Å². The Morgan fingerprint density at radius 3 is 2.57 bits per heavy atom. The van der Waals surface area contributed by atoms with Crippen LogP contribution < -0.4 is 15.1 Å². The molecule has 0 amide bonds. The van der Waals surface area contributed by atoms with Crippen LogP contribution in [0.15, 0.2) is 65.3 Å². The van der Waals surface area contributed by atoms with Gasteiger partial charge in [-0.1, -0.05) is 39.7 Å². The number of nitrogens with zero attached hydrogens (tertiary/aromatic N) is 3. The van der Waals surface area contributed by atoms with Crippen LogP contribution in [0, 0.1) is 6.92 Å². The van der Waals surface area contributed by atoms with Gasteiger partial charge >= 0.3 is 0 Å². The Morgan fingerprint density at radius 2 is 1.89 bits per heavy atom. The first kappa shape index (κ1) is 24.3. The molecule has 5 rings (SSSR count). The number of nitrogens with one attached hydrogen (secondary N) is 1. The van der Waals surface area contributed by atoms with Gasteiger partial charge in [0, 0.05) is 39.7 Å². The van der Waals surface area contributed by atoms with Crippen molar-refractivity contribution in [2.24, 2.45) is 0 Å². The lowest BCUT2D eigenvalue weighted by molar-refractivity contribution is 0.567. The van der Waals surface area contributed by atoms with Crippen molar-refractivity contribution in [1.29, 1.82) is 0 Å². The summed E-state index contributed by atoms with van der Waals surface area (Å²) in [5.74, 6) is 0. The van der Waals surface area contributed by atoms with Gasteiger partial charge in [0.05, 0.1) is 23.3 Å². The fourth-order valence-corrected chi connectivity index (χ4v) is 6.00. The number of likely N-dealkylation sites (N-methyl/N-ethyl adjacent to an activating group) is 1. The van der Waals surface area contributed by atoms with Crippen LogP contribution in [-0.2, 0) is 0 Å². The summed E-state index contributed by atoms with van der Waals surface area (Å²) in [7, 11) is 2.12. The van der Waals surface area contributed by atoms with E-state index in [2.05, 4.69) is 107 Å². The molecule has 0 radical (unpaired) electrons. The van der Waals surface area contributed by atoms with Crippen LogP contribution in [0.5, 0.6) is 0 Å². The zero-order chi connectivity index (χ0) is 25.1. The molecule has 2 atom stereocenters. The molecular weight excluding hydrogens is 540 g/mol. The quantitative estimate of drug-likeness (QED) is 0.329. The number of benzene rings is 2. The highest BCUT2D eigenvalue weighted by molar-refractivity contribution is 9.10. The van der Waals surface area contributed by atoms with Crippen molar-refractivity contribution in [2.75, 3.05) is 16.8 Å². The third-order valence-corrected chi connectivity index (χ3v) is 8.70. The molecule has 1 N–H and O–H groups in total. The van der Waals surface area contributed by atoms with E-state index in [0.29, 0.717) is 5.11 Å². The molecule has 2 unspecified atom stereocenters. The molecule has 0 aliphatic carbocycles. The number of allylic oxidation sites excluding steroid dienone is 1. The molecule has 0 bridgehead atoms. The monoisotopic (exact) mass is 566 g/mol. The lowest BCUT2D eigenvalue weighted by Gasteiger charge is -2.41. The van der Waals surface area contributed by atoms with Crippen molar-refractivity contribution < 1.29 is 0 Å². The summed E-state index contributed by atoms with van der Waals surface area (Å²) in [6.07, 6.45) is 4.14. The SMILES string of the molecule is CC1=CC(C)(C)N(C)c2cc(Cl)c(C3C(c4ccccn4)NC(=S)N3c3ccc(Br)c(C)c3)cc21. The van der Waals surface area contributed by atoms with E-state index in [1.165, 1.54) is 11.1 Å². The maximum absolute atomic E-state index is 7.09. The fraction of sp³-hybridized carbons (Fsp3) is 0.286. The van der Waals surface area contributed by atoms with Crippen LogP contribution in [0.4, 0.5) is 11.4 Å². The Hall–Kier alpha value is -2.41. The second kappa shape index (κ2) is 8.91. The van der Waals surface area contributed by atoms with Crippen molar-refractivity contribution in [2.45, 2.75) is 45.3 Å². The number of halogens is 2. The highest BCUT2D eigenvalue weighted by Crippen LogP contribution is 2.48. The van der Waals surface area contributed by atoms with Gasteiger partial charge in [-0.25, -0.2) is 0 Å². The molecule has 0 spiro atoms. The predicted octanol–water partition coefficient (Wildman–Crippen LogP) is 7.61. The summed E-state index contributed by atoms with van der Waals surface area (Å²) in [5, 5.41) is 4.92. The van der Waals surface area contributed by atoms with Gasteiger partial charge in [-0.15, -0.1) is 0 Å². The number of aryl methyl sites for hydroxylation is 1. The number of fused-ring (bicyclic) bond motifs is 1. The molecule has 2 aliphatic rings. The van der Waals surface area contributed by atoms with Gasteiger partial charge in [-0.3, -0.25) is 4.98 Å². The smallest absolute Gasteiger partial charge is 0.174 e. The number of aromatic nitrogens is 1. The van der Waals surface area contributed by atoms with Crippen molar-refractivity contribution in [1.82, 2.24) is 10.3 Å². The Labute approximate surface area is 226 Å². The zero-order valence-electron chi connectivity index (χ0n) is 20.4. The second-order valence-electron chi connectivity index (χ2n) is 9.86. The summed E-state index contributed by atoms with van der Waals surface area (Å²) >= 11 is 16.6. The Balaban J connectivity index is 1.71. The second-order valence-corrected chi connectivity index (χ2v) is 11.5. The van der Waals surface area contributed by atoms with Gasteiger partial charge in [-0.05, 0) is 99.1 Å². The number of thiocarbonyl (C=S) groups is 1. The third kappa shape index (κ3) is 4.15. The highest BCUT2D eigenvalue weighted by Gasteiger charge is 2.42. The van der Waals surface area contributed by atoms with Crippen molar-refractivity contribution in [3.63, 3.8) is 0 Å². The lowest BCUT2D eigenvalue weighted by atomic mass is 9.86. The van der Waals surface area contributed by atoms with Crippen LogP contribution in [0.1, 0.15) is 55.2 Å². The van der Waals surface area contributed by atoms with Crippen molar-refractivity contribution in [3.8, 4) is 0 Å². The number of anilines is 2. The van der Waals surface area contributed by atoms with E-state index < -0.39 is 0 Å². The molecule has 3 aromatic rings. The topological polar surface area (TPSA) is 31.4 Å². The molecule has 0 saturated carbocycles. The predicted molar refractivity (Wildman–Crippen MR) is 154 cm³/mol. The molecule has 2 aliphatic heterocycles. The normalized spacial score (nSPS) is 21.0. The van der Waals surface area contributed by atoms with Crippen LogP contribution in [-0.4, -0.2) is 22.7 Å². The van der Waals surface area contributed by atoms with E-state index in [4.69, 9.17) is 23.8 Å². The van der Waals surface area contributed by atoms with Gasteiger partial charge in [0.2, 0.25) is 0 Å². The van der Waals surface area contributed by atoms with E-state index in [0.717, 1.165) is 37.7 Å². The first-order valence-electron chi connectivity index (χ1n) is 11.6. The molecule has 1 fully saturated rings. The van der Waals surface area contributed by atoms with E-state index in [-0.39, 0.29) is 17.6 Å². The first-order valence-corrected chi connectivity index (χ1v) is 13.2. The third-order valence-electron chi connectivity index (χ3n) is 7.17. The summed E-state index contributed by atoms with van der Waals surface area (Å²) < 4.78 is 1.07. The van der Waals surface area contributed by atoms with Crippen LogP contribution in [0.2, 0.25) is 5.02 Å². The Bertz CT molecular complexity index is 1350. The van der Waals surface area contributed by atoms with E-state index in [9.17, 15) is 0 Å². The Kier molecular flexibility index (Phi) is 6.19. The van der Waals surface area contributed by atoms with Crippen LogP contribution in [0.25, 0.3) is 5.57 Å². The van der Waals surface area contributed by atoms with Crippen molar-refractivity contribution in [3.05, 3.63) is 92.7 Å². The van der Waals surface area contributed by atoms with E-state index >= 15 is 0 Å². The molecule has 35 heavy (non-hydrogen) atoms. The number of rotatable bonds is 3. The van der Waals surface area contributed by atoms with Crippen molar-refractivity contribution >= 4 is 61.8 Å². The standard InChI is InChI=1S/C28H28BrClN4S/c1-16-12-18(9-10-21(16)29)34-26(25(32-27(34)35)23-8-6-7-11-31-23)20-13-19-17(2)15-28(3,4)33(5)24(19)14-22(20)30/h6-15,25-26H,1-5H3,(H,32,35). The largest absolute Gasteiger partial charge is 0.365 e. The molecule has 180 valence electrons. The van der Waals surface area contributed by atoms with E-state index in [1.54, 1.807) is 0 Å². The minimum Gasteiger partial charge on any atom is -0.365 e. The first-order chi connectivity index (χ1) is 16.6. The summed E-state index contributed by atoms with van der Waals surface area (Å²) in [6.45, 7) is 8.70. The summed E-state index contributed by atoms with van der Waals surface area (Å²) in [6, 6.07) is 16.3. The average Bonchev–Trinajstić information content (AvgIpc) is 3.16.